The number of phenols is 1. The van der Waals surface area contributed by atoms with Gasteiger partial charge in [-0.1, -0.05) is 12.8 Å². The van der Waals surface area contributed by atoms with E-state index in [1.165, 1.54) is 25.0 Å². The number of aromatic hydroxyl groups is 1. The predicted octanol–water partition coefficient (Wildman–Crippen LogP) is 1.77. The number of phenolic OH excluding ortho intramolecular Hbond substituents is 1. The number of hydrogen-bond acceptors (Lipinski definition) is 5. The van der Waals surface area contributed by atoms with Crippen molar-refractivity contribution in [2.75, 3.05) is 11.9 Å². The zero-order valence-corrected chi connectivity index (χ0v) is 11.0. The number of carbonyl (C=O) groups excluding carboxylic acids is 1. The topological polar surface area (TPSA) is 104 Å². The summed E-state index contributed by atoms with van der Waals surface area (Å²) in [5, 5.41) is 25.8. The molecule has 0 saturated heterocycles. The van der Waals surface area contributed by atoms with Crippen LogP contribution in [-0.4, -0.2) is 28.5 Å². The Morgan fingerprint density at radius 1 is 1.40 bits per heavy atom. The summed E-state index contributed by atoms with van der Waals surface area (Å²) in [5.41, 5.74) is -0.126. The molecule has 0 atom stereocenters. The van der Waals surface area contributed by atoms with Crippen molar-refractivity contribution in [2.45, 2.75) is 31.7 Å². The average molecular weight is 279 g/mol. The van der Waals surface area contributed by atoms with Crippen LogP contribution in [0.15, 0.2) is 18.2 Å². The normalized spacial score (nSPS) is 15.2. The number of nitrogens with zero attached hydrogens (tertiary/aromatic N) is 1. The number of amides is 1. The molecule has 108 valence electrons. The van der Waals surface area contributed by atoms with Crippen LogP contribution in [-0.2, 0) is 4.79 Å². The minimum atomic E-state index is -0.578. The number of rotatable bonds is 5. The van der Waals surface area contributed by atoms with Crippen LogP contribution in [0.2, 0.25) is 0 Å². The first-order valence-corrected chi connectivity index (χ1v) is 6.57. The summed E-state index contributed by atoms with van der Waals surface area (Å²) >= 11 is 0. The number of anilines is 1. The van der Waals surface area contributed by atoms with Crippen molar-refractivity contribution in [1.29, 1.82) is 0 Å². The molecule has 7 heteroatoms. The van der Waals surface area contributed by atoms with E-state index in [4.69, 9.17) is 0 Å². The van der Waals surface area contributed by atoms with Crippen molar-refractivity contribution >= 4 is 17.3 Å². The Balaban J connectivity index is 1.92. The molecule has 0 unspecified atom stereocenters. The lowest BCUT2D eigenvalue weighted by Crippen LogP contribution is -2.34. The second-order valence-corrected chi connectivity index (χ2v) is 4.87. The average Bonchev–Trinajstić information content (AvgIpc) is 2.92. The SMILES string of the molecule is O=C(CNC1CCCC1)Nc1cc([N+](=O)[O-])ccc1O. The van der Waals surface area contributed by atoms with E-state index < -0.39 is 4.92 Å². The maximum absolute atomic E-state index is 11.7. The summed E-state index contributed by atoms with van der Waals surface area (Å²) in [6.45, 7) is 0.132. The molecule has 0 bridgehead atoms. The van der Waals surface area contributed by atoms with E-state index in [0.717, 1.165) is 18.9 Å². The van der Waals surface area contributed by atoms with Gasteiger partial charge < -0.3 is 15.7 Å². The summed E-state index contributed by atoms with van der Waals surface area (Å²) in [5.74, 6) is -0.516. The van der Waals surface area contributed by atoms with Crippen LogP contribution in [0.5, 0.6) is 5.75 Å². The van der Waals surface area contributed by atoms with Crippen molar-refractivity contribution in [1.82, 2.24) is 5.32 Å². The van der Waals surface area contributed by atoms with Gasteiger partial charge >= 0.3 is 0 Å². The van der Waals surface area contributed by atoms with Crippen molar-refractivity contribution in [3.8, 4) is 5.75 Å². The van der Waals surface area contributed by atoms with Gasteiger partial charge in [0, 0.05) is 18.2 Å². The molecular formula is C13H17N3O4. The lowest BCUT2D eigenvalue weighted by molar-refractivity contribution is -0.384. The van der Waals surface area contributed by atoms with Crippen LogP contribution in [0.4, 0.5) is 11.4 Å². The van der Waals surface area contributed by atoms with Gasteiger partial charge in [0.05, 0.1) is 17.2 Å². The van der Waals surface area contributed by atoms with E-state index >= 15 is 0 Å². The summed E-state index contributed by atoms with van der Waals surface area (Å²) in [7, 11) is 0. The Morgan fingerprint density at radius 3 is 2.75 bits per heavy atom. The maximum atomic E-state index is 11.7. The minimum Gasteiger partial charge on any atom is -0.506 e. The van der Waals surface area contributed by atoms with Gasteiger partial charge in [-0.15, -0.1) is 0 Å². The number of nitro benzene ring substituents is 1. The molecule has 20 heavy (non-hydrogen) atoms. The molecule has 1 amide bonds. The number of nitro groups is 1. The molecule has 1 aromatic rings. The fraction of sp³-hybridized carbons (Fsp3) is 0.462. The van der Waals surface area contributed by atoms with E-state index in [1.54, 1.807) is 0 Å². The summed E-state index contributed by atoms with van der Waals surface area (Å²) in [6, 6.07) is 3.88. The maximum Gasteiger partial charge on any atom is 0.271 e. The van der Waals surface area contributed by atoms with Gasteiger partial charge in [-0.05, 0) is 18.9 Å². The molecule has 0 aromatic heterocycles. The molecule has 1 aromatic carbocycles. The minimum absolute atomic E-state index is 0.0532. The van der Waals surface area contributed by atoms with Crippen LogP contribution >= 0.6 is 0 Å². The molecule has 7 nitrogen and oxygen atoms in total. The third-order valence-corrected chi connectivity index (χ3v) is 3.37. The smallest absolute Gasteiger partial charge is 0.271 e. The Morgan fingerprint density at radius 2 is 2.10 bits per heavy atom. The zero-order valence-electron chi connectivity index (χ0n) is 11.0. The lowest BCUT2D eigenvalue weighted by atomic mass is 10.2. The Kier molecular flexibility index (Phi) is 4.52. The van der Waals surface area contributed by atoms with Gasteiger partial charge in [-0.25, -0.2) is 0 Å². The molecule has 0 radical (unpaired) electrons. The van der Waals surface area contributed by atoms with Gasteiger partial charge in [0.1, 0.15) is 5.75 Å². The molecular weight excluding hydrogens is 262 g/mol. The summed E-state index contributed by atoms with van der Waals surface area (Å²) in [4.78, 5) is 21.8. The first kappa shape index (κ1) is 14.3. The van der Waals surface area contributed by atoms with Crippen LogP contribution in [0.3, 0.4) is 0 Å². The predicted molar refractivity (Wildman–Crippen MR) is 73.6 cm³/mol. The highest BCUT2D eigenvalue weighted by atomic mass is 16.6. The largest absolute Gasteiger partial charge is 0.506 e. The number of carbonyl (C=O) groups is 1. The van der Waals surface area contributed by atoms with E-state index in [2.05, 4.69) is 10.6 Å². The fourth-order valence-electron chi connectivity index (χ4n) is 2.30. The van der Waals surface area contributed by atoms with Gasteiger partial charge in [0.15, 0.2) is 0 Å². The Hall–Kier alpha value is -2.15. The second-order valence-electron chi connectivity index (χ2n) is 4.87. The van der Waals surface area contributed by atoms with Crippen molar-refractivity contribution < 1.29 is 14.8 Å². The lowest BCUT2D eigenvalue weighted by Gasteiger charge is -2.12. The van der Waals surface area contributed by atoms with Crippen LogP contribution in [0, 0.1) is 10.1 Å². The molecule has 1 aliphatic carbocycles. The van der Waals surface area contributed by atoms with Gasteiger partial charge in [-0.2, -0.15) is 0 Å². The summed E-state index contributed by atoms with van der Waals surface area (Å²) in [6.07, 6.45) is 4.47. The van der Waals surface area contributed by atoms with E-state index in [9.17, 15) is 20.0 Å². The fourth-order valence-corrected chi connectivity index (χ4v) is 2.30. The van der Waals surface area contributed by atoms with E-state index in [1.807, 2.05) is 0 Å². The third-order valence-electron chi connectivity index (χ3n) is 3.37. The third kappa shape index (κ3) is 3.67. The quantitative estimate of drug-likeness (QED) is 0.433. The van der Waals surface area contributed by atoms with Crippen molar-refractivity contribution in [2.24, 2.45) is 0 Å². The number of non-ortho nitro benzene ring substituents is 1. The molecule has 2 rings (SSSR count). The zero-order chi connectivity index (χ0) is 14.5. The second kappa shape index (κ2) is 6.33. The molecule has 3 N–H and O–H groups in total. The number of hydrogen-bond donors (Lipinski definition) is 3. The Bertz CT molecular complexity index is 512. The number of nitrogens with one attached hydrogen (secondary N) is 2. The van der Waals surface area contributed by atoms with E-state index in [-0.39, 0.29) is 29.6 Å². The Labute approximate surface area is 116 Å². The first-order chi connectivity index (χ1) is 9.56. The molecule has 0 aliphatic heterocycles. The van der Waals surface area contributed by atoms with Gasteiger partial charge in [-0.3, -0.25) is 14.9 Å². The van der Waals surface area contributed by atoms with Crippen LogP contribution in [0.1, 0.15) is 25.7 Å². The van der Waals surface area contributed by atoms with E-state index in [0.29, 0.717) is 6.04 Å². The monoisotopic (exact) mass is 279 g/mol. The van der Waals surface area contributed by atoms with Gasteiger partial charge in [0.25, 0.3) is 5.69 Å². The standard InChI is InChI=1S/C13H17N3O4/c17-12-6-5-10(16(19)20)7-11(12)15-13(18)8-14-9-3-1-2-4-9/h5-7,9,14,17H,1-4,8H2,(H,15,18). The van der Waals surface area contributed by atoms with Crippen molar-refractivity contribution in [3.05, 3.63) is 28.3 Å². The highest BCUT2D eigenvalue weighted by molar-refractivity contribution is 5.94. The van der Waals surface area contributed by atoms with Crippen LogP contribution < -0.4 is 10.6 Å². The van der Waals surface area contributed by atoms with Crippen molar-refractivity contribution in [3.63, 3.8) is 0 Å². The first-order valence-electron chi connectivity index (χ1n) is 6.57. The summed E-state index contributed by atoms with van der Waals surface area (Å²) < 4.78 is 0. The highest BCUT2D eigenvalue weighted by Gasteiger charge is 2.16. The van der Waals surface area contributed by atoms with Gasteiger partial charge in [0.2, 0.25) is 5.91 Å². The molecule has 1 aliphatic rings. The molecule has 0 spiro atoms. The highest BCUT2D eigenvalue weighted by Crippen LogP contribution is 2.27. The number of benzene rings is 1. The molecule has 1 saturated carbocycles. The molecule has 0 heterocycles. The molecule has 1 fully saturated rings. The van der Waals surface area contributed by atoms with Crippen LogP contribution in [0.25, 0.3) is 0 Å².